The third kappa shape index (κ3) is 5.75. The first-order valence-corrected chi connectivity index (χ1v) is 19.3. The van der Waals surface area contributed by atoms with Crippen molar-refractivity contribution in [2.75, 3.05) is 0 Å². The number of hydrogen-bond acceptors (Lipinski definition) is 2. The Hall–Kier alpha value is -7.16. The van der Waals surface area contributed by atoms with Crippen LogP contribution in [0.1, 0.15) is 44.9 Å². The Balaban J connectivity index is 1.10. The van der Waals surface area contributed by atoms with Gasteiger partial charge in [-0.15, -0.1) is 0 Å². The number of rotatable bonds is 8. The summed E-state index contributed by atoms with van der Waals surface area (Å²) in [7, 11) is 0. The lowest BCUT2D eigenvalue weighted by atomic mass is 9.64. The largest absolute Gasteiger partial charge is 0.228 e. The van der Waals surface area contributed by atoms with Gasteiger partial charge in [0.1, 0.15) is 0 Å². The van der Waals surface area contributed by atoms with E-state index < -0.39 is 5.41 Å². The molecule has 0 saturated heterocycles. The molecule has 8 aromatic carbocycles. The van der Waals surface area contributed by atoms with Gasteiger partial charge in [-0.2, -0.15) is 0 Å². The summed E-state index contributed by atoms with van der Waals surface area (Å²) >= 11 is 0. The summed E-state index contributed by atoms with van der Waals surface area (Å²) in [6.07, 6.45) is 0. The van der Waals surface area contributed by atoms with Crippen molar-refractivity contribution in [1.29, 1.82) is 0 Å². The maximum atomic E-state index is 5.09. The third-order valence-electron chi connectivity index (χ3n) is 11.3. The van der Waals surface area contributed by atoms with Crippen LogP contribution in [0.4, 0.5) is 0 Å². The molecule has 56 heavy (non-hydrogen) atoms. The molecule has 1 aromatic heterocycles. The highest BCUT2D eigenvalue weighted by Gasteiger charge is 2.40. The van der Waals surface area contributed by atoms with Crippen LogP contribution < -0.4 is 0 Å². The van der Waals surface area contributed by atoms with Crippen molar-refractivity contribution in [1.82, 2.24) is 9.97 Å². The number of aromatic nitrogens is 2. The molecule has 2 heteroatoms. The smallest absolute Gasteiger partial charge is 0.160 e. The Morgan fingerprint density at radius 1 is 0.321 bits per heavy atom. The van der Waals surface area contributed by atoms with Crippen LogP contribution in [0.2, 0.25) is 0 Å². The van der Waals surface area contributed by atoms with Gasteiger partial charge in [-0.25, -0.2) is 9.97 Å². The highest BCUT2D eigenvalue weighted by molar-refractivity contribution is 5.82. The van der Waals surface area contributed by atoms with Crippen LogP contribution in [0.5, 0.6) is 0 Å². The van der Waals surface area contributed by atoms with E-state index in [0.717, 1.165) is 33.9 Å². The molecule has 1 heterocycles. The van der Waals surface area contributed by atoms with Crippen molar-refractivity contribution < 1.29 is 0 Å². The predicted molar refractivity (Wildman–Crippen MR) is 229 cm³/mol. The quantitative estimate of drug-likeness (QED) is 0.146. The van der Waals surface area contributed by atoms with Crippen LogP contribution in [0, 0.1) is 0 Å². The fraction of sp³-hybridized carbons (Fsp3) is 0.0370. The maximum absolute atomic E-state index is 5.09. The van der Waals surface area contributed by atoms with Crippen molar-refractivity contribution in [3.8, 4) is 45.0 Å². The van der Waals surface area contributed by atoms with Gasteiger partial charge in [0.15, 0.2) is 5.82 Å². The van der Waals surface area contributed by atoms with E-state index in [1.165, 1.54) is 50.1 Å². The summed E-state index contributed by atoms with van der Waals surface area (Å²) in [6.45, 7) is 0. The minimum absolute atomic E-state index is 0.106. The normalized spacial score (nSPS) is 13.2. The number of fused-ring (bicyclic) bond motifs is 3. The monoisotopic (exact) mass is 714 g/mol. The summed E-state index contributed by atoms with van der Waals surface area (Å²) in [5.41, 5.74) is 15.9. The zero-order chi connectivity index (χ0) is 37.3. The second-order valence-electron chi connectivity index (χ2n) is 14.5. The molecule has 0 saturated carbocycles. The molecule has 2 nitrogen and oxygen atoms in total. The molecule has 1 atom stereocenters. The van der Waals surface area contributed by atoms with E-state index in [9.17, 15) is 0 Å². The number of hydrogen-bond donors (Lipinski definition) is 0. The predicted octanol–water partition coefficient (Wildman–Crippen LogP) is 13.0. The van der Waals surface area contributed by atoms with Gasteiger partial charge < -0.3 is 0 Å². The molecule has 1 aliphatic carbocycles. The number of benzene rings is 8. The lowest BCUT2D eigenvalue weighted by Crippen LogP contribution is -2.31. The third-order valence-corrected chi connectivity index (χ3v) is 11.3. The van der Waals surface area contributed by atoms with Crippen LogP contribution in [-0.4, -0.2) is 9.97 Å². The van der Waals surface area contributed by atoms with E-state index >= 15 is 0 Å². The average molecular weight is 715 g/mol. The highest BCUT2D eigenvalue weighted by Crippen LogP contribution is 2.52. The van der Waals surface area contributed by atoms with Crippen molar-refractivity contribution in [3.05, 3.63) is 263 Å². The Morgan fingerprint density at radius 2 is 0.768 bits per heavy atom. The van der Waals surface area contributed by atoms with Gasteiger partial charge in [-0.3, -0.25) is 0 Å². The number of nitrogens with zero attached hydrogens (tertiary/aromatic N) is 2. The van der Waals surface area contributed by atoms with Gasteiger partial charge >= 0.3 is 0 Å². The van der Waals surface area contributed by atoms with Crippen molar-refractivity contribution in [3.63, 3.8) is 0 Å². The Morgan fingerprint density at radius 3 is 1.32 bits per heavy atom. The molecule has 10 rings (SSSR count). The molecule has 0 N–H and O–H groups in total. The van der Waals surface area contributed by atoms with Gasteiger partial charge in [-0.05, 0) is 62.2 Å². The second kappa shape index (κ2) is 14.2. The molecule has 0 radical (unpaired) electrons. The molecular weight excluding hydrogens is 677 g/mol. The Labute approximate surface area is 328 Å². The van der Waals surface area contributed by atoms with Crippen LogP contribution in [0.3, 0.4) is 0 Å². The zero-order valence-corrected chi connectivity index (χ0v) is 30.8. The van der Waals surface area contributed by atoms with Crippen molar-refractivity contribution >= 4 is 0 Å². The summed E-state index contributed by atoms with van der Waals surface area (Å²) in [5.74, 6) is 0.826. The van der Waals surface area contributed by atoms with E-state index in [1.807, 2.05) is 24.3 Å². The first kappa shape index (κ1) is 33.4. The fourth-order valence-corrected chi connectivity index (χ4v) is 8.77. The first-order chi connectivity index (χ1) is 27.8. The van der Waals surface area contributed by atoms with Crippen LogP contribution >= 0.6 is 0 Å². The van der Waals surface area contributed by atoms with Crippen LogP contribution in [0.25, 0.3) is 45.0 Å². The zero-order valence-electron chi connectivity index (χ0n) is 30.8. The topological polar surface area (TPSA) is 25.8 Å². The van der Waals surface area contributed by atoms with Crippen LogP contribution in [-0.2, 0) is 5.41 Å². The minimum atomic E-state index is -0.512. The summed E-state index contributed by atoms with van der Waals surface area (Å²) < 4.78 is 0. The Bertz CT molecular complexity index is 2610. The molecule has 0 aliphatic heterocycles. The van der Waals surface area contributed by atoms with E-state index in [0.29, 0.717) is 0 Å². The van der Waals surface area contributed by atoms with Crippen LogP contribution in [0.15, 0.2) is 224 Å². The first-order valence-electron chi connectivity index (χ1n) is 19.3. The molecule has 0 amide bonds. The molecular formula is C54H38N2. The van der Waals surface area contributed by atoms with Gasteiger partial charge in [0.2, 0.25) is 0 Å². The maximum Gasteiger partial charge on any atom is 0.160 e. The standard InChI is InChI=1S/C54H38N2/c1-6-18-38(19-7-1)50-37-51(56-53(55-50)41-20-8-2-9-21-41)39-30-32-40(33-31-39)52-47-29-17-16-28-46(47)49-36-45(34-35-48(49)52)54(42-22-10-3-11-23-42,43-24-12-4-13-25-43)44-26-14-5-15-27-44/h1-37,52H. The molecule has 1 aliphatic rings. The van der Waals surface area contributed by atoms with E-state index in [2.05, 4.69) is 200 Å². The van der Waals surface area contributed by atoms with Crippen molar-refractivity contribution in [2.45, 2.75) is 11.3 Å². The molecule has 9 aromatic rings. The SMILES string of the molecule is c1ccc(-c2cc(-c3ccc(C4c5ccccc5-c5cc(C(c6ccccc6)(c6ccccc6)c6ccccc6)ccc54)cc3)nc(-c3ccccc3)n2)cc1. The lowest BCUT2D eigenvalue weighted by molar-refractivity contribution is 0.745. The van der Waals surface area contributed by atoms with E-state index in [-0.39, 0.29) is 5.92 Å². The minimum Gasteiger partial charge on any atom is -0.228 e. The van der Waals surface area contributed by atoms with Gasteiger partial charge in [0, 0.05) is 22.6 Å². The summed E-state index contributed by atoms with van der Waals surface area (Å²) in [4.78, 5) is 10.1. The second-order valence-corrected chi connectivity index (χ2v) is 14.5. The van der Waals surface area contributed by atoms with E-state index in [4.69, 9.17) is 9.97 Å². The summed E-state index contributed by atoms with van der Waals surface area (Å²) in [5, 5.41) is 0. The molecule has 0 spiro atoms. The van der Waals surface area contributed by atoms with Gasteiger partial charge in [0.05, 0.1) is 16.8 Å². The molecule has 264 valence electrons. The lowest BCUT2D eigenvalue weighted by Gasteiger charge is -2.37. The Kier molecular flexibility index (Phi) is 8.50. The average Bonchev–Trinajstić information content (AvgIpc) is 3.62. The molecule has 0 fully saturated rings. The van der Waals surface area contributed by atoms with Gasteiger partial charge in [0.25, 0.3) is 0 Å². The molecule has 0 bridgehead atoms. The highest BCUT2D eigenvalue weighted by atomic mass is 14.9. The fourth-order valence-electron chi connectivity index (χ4n) is 8.77. The van der Waals surface area contributed by atoms with E-state index in [1.54, 1.807) is 0 Å². The van der Waals surface area contributed by atoms with Gasteiger partial charge in [-0.1, -0.05) is 212 Å². The molecule has 1 unspecified atom stereocenters. The summed E-state index contributed by atoms with van der Waals surface area (Å²) in [6, 6.07) is 80.8. The van der Waals surface area contributed by atoms with Crippen molar-refractivity contribution in [2.24, 2.45) is 0 Å².